The van der Waals surface area contributed by atoms with Crippen molar-refractivity contribution in [3.05, 3.63) is 0 Å². The van der Waals surface area contributed by atoms with Gasteiger partial charge >= 0.3 is 0 Å². The third-order valence-corrected chi connectivity index (χ3v) is 5.58. The van der Waals surface area contributed by atoms with Crippen LogP contribution in [0.4, 0.5) is 0 Å². The normalized spacial score (nSPS) is 43.6. The molecule has 0 aromatic rings. The van der Waals surface area contributed by atoms with Crippen molar-refractivity contribution in [3.8, 4) is 0 Å². The zero-order valence-corrected chi connectivity index (χ0v) is 11.8. The zero-order chi connectivity index (χ0) is 12.3. The topological polar surface area (TPSA) is 26.0 Å². The molecule has 2 atom stereocenters. The van der Waals surface area contributed by atoms with Crippen LogP contribution in [-0.4, -0.2) is 6.04 Å². The molecule has 0 spiro atoms. The summed E-state index contributed by atoms with van der Waals surface area (Å²) < 4.78 is 0. The Balaban J connectivity index is 1.73. The quantitative estimate of drug-likeness (QED) is 0.775. The molecule has 0 aliphatic heterocycles. The zero-order valence-electron chi connectivity index (χ0n) is 11.8. The third-order valence-electron chi connectivity index (χ3n) is 5.58. The van der Waals surface area contributed by atoms with E-state index in [1.54, 1.807) is 0 Å². The molecule has 2 aliphatic carbocycles. The molecule has 17 heavy (non-hydrogen) atoms. The SMILES string of the molecule is CC1CCCC(C)C1CCC1CCC(N)CC1. The second-order valence-corrected chi connectivity index (χ2v) is 6.91. The number of rotatable bonds is 3. The first kappa shape index (κ1) is 13.4. The largest absolute Gasteiger partial charge is 0.328 e. The van der Waals surface area contributed by atoms with Crippen LogP contribution in [0.25, 0.3) is 0 Å². The lowest BCUT2D eigenvalue weighted by molar-refractivity contribution is 0.151. The lowest BCUT2D eigenvalue weighted by Crippen LogP contribution is -2.28. The minimum atomic E-state index is 0.513. The van der Waals surface area contributed by atoms with Gasteiger partial charge in [-0.25, -0.2) is 0 Å². The van der Waals surface area contributed by atoms with Gasteiger partial charge in [-0.05, 0) is 55.8 Å². The predicted octanol–water partition coefficient (Wildman–Crippen LogP) is 4.36. The Morgan fingerprint density at radius 3 is 2.00 bits per heavy atom. The smallest absolute Gasteiger partial charge is 0.00390 e. The fraction of sp³-hybridized carbons (Fsp3) is 1.00. The third kappa shape index (κ3) is 3.71. The van der Waals surface area contributed by atoms with E-state index < -0.39 is 0 Å². The lowest BCUT2D eigenvalue weighted by Gasteiger charge is -2.36. The Bertz CT molecular complexity index is 208. The van der Waals surface area contributed by atoms with Gasteiger partial charge in [0.15, 0.2) is 0 Å². The molecule has 100 valence electrons. The van der Waals surface area contributed by atoms with Crippen LogP contribution in [0.3, 0.4) is 0 Å². The van der Waals surface area contributed by atoms with Crippen LogP contribution in [0.5, 0.6) is 0 Å². The predicted molar refractivity (Wildman–Crippen MR) is 74.8 cm³/mol. The minimum absolute atomic E-state index is 0.513. The van der Waals surface area contributed by atoms with Crippen LogP contribution in [-0.2, 0) is 0 Å². The molecule has 2 fully saturated rings. The summed E-state index contributed by atoms with van der Waals surface area (Å²) in [5, 5.41) is 0. The van der Waals surface area contributed by atoms with E-state index in [1.165, 1.54) is 57.8 Å². The summed E-state index contributed by atoms with van der Waals surface area (Å²) in [6.07, 6.45) is 12.7. The highest BCUT2D eigenvalue weighted by Gasteiger charge is 2.28. The lowest BCUT2D eigenvalue weighted by atomic mass is 9.70. The molecule has 2 unspecified atom stereocenters. The number of hydrogen-bond acceptors (Lipinski definition) is 1. The second kappa shape index (κ2) is 6.22. The van der Waals surface area contributed by atoms with Crippen molar-refractivity contribution < 1.29 is 0 Å². The molecule has 1 heteroatoms. The van der Waals surface area contributed by atoms with Crippen LogP contribution in [0.1, 0.15) is 71.6 Å². The van der Waals surface area contributed by atoms with Crippen molar-refractivity contribution in [2.45, 2.75) is 77.7 Å². The van der Waals surface area contributed by atoms with Crippen LogP contribution in [0, 0.1) is 23.7 Å². The molecule has 0 saturated heterocycles. The fourth-order valence-electron chi connectivity index (χ4n) is 4.22. The molecule has 2 saturated carbocycles. The van der Waals surface area contributed by atoms with Crippen molar-refractivity contribution in [1.82, 2.24) is 0 Å². The number of hydrogen-bond donors (Lipinski definition) is 1. The van der Waals surface area contributed by atoms with Gasteiger partial charge in [-0.3, -0.25) is 0 Å². The highest BCUT2D eigenvalue weighted by atomic mass is 14.6. The second-order valence-electron chi connectivity index (χ2n) is 6.91. The minimum Gasteiger partial charge on any atom is -0.328 e. The van der Waals surface area contributed by atoms with Crippen molar-refractivity contribution in [1.29, 1.82) is 0 Å². The first-order valence-corrected chi connectivity index (χ1v) is 7.92. The molecule has 2 aliphatic rings. The van der Waals surface area contributed by atoms with Gasteiger partial charge in [-0.1, -0.05) is 39.5 Å². The number of nitrogens with two attached hydrogens (primary N) is 1. The van der Waals surface area contributed by atoms with Crippen LogP contribution in [0.15, 0.2) is 0 Å². The molecule has 0 heterocycles. The molecule has 0 aromatic carbocycles. The molecule has 1 nitrogen and oxygen atoms in total. The molecule has 0 aromatic heterocycles. The van der Waals surface area contributed by atoms with E-state index in [0.717, 1.165) is 23.7 Å². The summed E-state index contributed by atoms with van der Waals surface area (Å²) in [7, 11) is 0. The molecule has 0 amide bonds. The Labute approximate surface area is 108 Å². The van der Waals surface area contributed by atoms with Crippen molar-refractivity contribution in [3.63, 3.8) is 0 Å². The molecule has 2 N–H and O–H groups in total. The summed E-state index contributed by atoms with van der Waals surface area (Å²) in [5.74, 6) is 3.96. The van der Waals surface area contributed by atoms with Gasteiger partial charge < -0.3 is 5.73 Å². The average molecular weight is 237 g/mol. The standard InChI is InChI=1S/C16H31N/c1-12-4-3-5-13(2)16(12)11-8-14-6-9-15(17)10-7-14/h12-16H,3-11,17H2,1-2H3. The Hall–Kier alpha value is -0.0400. The van der Waals surface area contributed by atoms with Gasteiger partial charge in [-0.2, -0.15) is 0 Å². The monoisotopic (exact) mass is 237 g/mol. The first-order valence-electron chi connectivity index (χ1n) is 7.92. The summed E-state index contributed by atoms with van der Waals surface area (Å²) in [4.78, 5) is 0. The van der Waals surface area contributed by atoms with E-state index in [4.69, 9.17) is 5.73 Å². The molecule has 0 radical (unpaired) electrons. The van der Waals surface area contributed by atoms with E-state index in [9.17, 15) is 0 Å². The molecule has 0 bridgehead atoms. The average Bonchev–Trinajstić information content (AvgIpc) is 2.31. The Kier molecular flexibility index (Phi) is 4.90. The van der Waals surface area contributed by atoms with Gasteiger partial charge in [0, 0.05) is 6.04 Å². The molecule has 2 rings (SSSR count). The van der Waals surface area contributed by atoms with Crippen LogP contribution >= 0.6 is 0 Å². The van der Waals surface area contributed by atoms with E-state index >= 15 is 0 Å². The highest BCUT2D eigenvalue weighted by molar-refractivity contribution is 4.80. The summed E-state index contributed by atoms with van der Waals surface area (Å²) in [6.45, 7) is 4.97. The maximum atomic E-state index is 5.98. The maximum absolute atomic E-state index is 5.98. The van der Waals surface area contributed by atoms with Crippen LogP contribution in [0.2, 0.25) is 0 Å². The Morgan fingerprint density at radius 2 is 1.41 bits per heavy atom. The van der Waals surface area contributed by atoms with Gasteiger partial charge in [0.05, 0.1) is 0 Å². The highest BCUT2D eigenvalue weighted by Crippen LogP contribution is 2.39. The van der Waals surface area contributed by atoms with Crippen molar-refractivity contribution in [2.24, 2.45) is 29.4 Å². The van der Waals surface area contributed by atoms with Gasteiger partial charge in [-0.15, -0.1) is 0 Å². The van der Waals surface area contributed by atoms with E-state index in [-0.39, 0.29) is 0 Å². The fourth-order valence-corrected chi connectivity index (χ4v) is 4.22. The summed E-state index contributed by atoms with van der Waals surface area (Å²) in [5.41, 5.74) is 5.98. The van der Waals surface area contributed by atoms with E-state index in [0.29, 0.717) is 6.04 Å². The maximum Gasteiger partial charge on any atom is 0.00390 e. The Morgan fingerprint density at radius 1 is 0.824 bits per heavy atom. The van der Waals surface area contributed by atoms with E-state index in [2.05, 4.69) is 13.8 Å². The van der Waals surface area contributed by atoms with Crippen LogP contribution < -0.4 is 5.73 Å². The summed E-state index contributed by atoms with van der Waals surface area (Å²) >= 11 is 0. The molecular formula is C16H31N. The van der Waals surface area contributed by atoms with Crippen molar-refractivity contribution >= 4 is 0 Å². The van der Waals surface area contributed by atoms with Gasteiger partial charge in [0.1, 0.15) is 0 Å². The van der Waals surface area contributed by atoms with E-state index in [1.807, 2.05) is 0 Å². The van der Waals surface area contributed by atoms with Crippen molar-refractivity contribution in [2.75, 3.05) is 0 Å². The molecular weight excluding hydrogens is 206 g/mol. The summed E-state index contributed by atoms with van der Waals surface area (Å²) in [6, 6.07) is 0.513. The van der Waals surface area contributed by atoms with Gasteiger partial charge in [0.2, 0.25) is 0 Å². The first-order chi connectivity index (χ1) is 8.16. The van der Waals surface area contributed by atoms with Gasteiger partial charge in [0.25, 0.3) is 0 Å².